The van der Waals surface area contributed by atoms with Crippen molar-refractivity contribution in [1.29, 1.82) is 0 Å². The lowest BCUT2D eigenvalue weighted by Crippen LogP contribution is -2.16. The molecule has 1 N–H and O–H groups in total. The van der Waals surface area contributed by atoms with Crippen molar-refractivity contribution in [3.63, 3.8) is 0 Å². The topological polar surface area (TPSA) is 132 Å². The van der Waals surface area contributed by atoms with Crippen molar-refractivity contribution in [3.8, 4) is 52.8 Å². The lowest BCUT2D eigenvalue weighted by atomic mass is 9.98. The number of hydrogen-bond donors (Lipinski definition) is 1. The molecule has 0 unspecified atom stereocenters. The van der Waals surface area contributed by atoms with E-state index in [0.29, 0.717) is 19.6 Å². The average Bonchev–Trinajstić information content (AvgIpc) is 1.67. The van der Waals surface area contributed by atoms with E-state index in [1.54, 1.807) is 0 Å². The third-order valence-corrected chi connectivity index (χ3v) is 18.9. The maximum atomic E-state index is 11.7. The number of nitrogens with zero attached hydrogens (tertiary/aromatic N) is 10. The number of carbonyl (C=O) groups is 1. The molecule has 8 aromatic carbocycles. The van der Waals surface area contributed by atoms with Gasteiger partial charge in [-0.1, -0.05) is 219 Å². The second kappa shape index (κ2) is 32.3. The fourth-order valence-electron chi connectivity index (χ4n) is 11.1. The van der Waals surface area contributed by atoms with E-state index in [4.69, 9.17) is 27.8 Å². The molecule has 496 valence electrons. The van der Waals surface area contributed by atoms with Crippen molar-refractivity contribution in [2.75, 3.05) is 11.9 Å². The number of nitrogens with one attached hydrogen (secondary N) is 1. The van der Waals surface area contributed by atoms with Crippen molar-refractivity contribution < 1.29 is 4.79 Å². The van der Waals surface area contributed by atoms with Gasteiger partial charge in [0.2, 0.25) is 5.91 Å². The summed E-state index contributed by atoms with van der Waals surface area (Å²) in [5.41, 5.74) is 31.1. The van der Waals surface area contributed by atoms with Crippen LogP contribution in [0.4, 0.5) is 5.69 Å². The molecule has 15 rings (SSSR count). The third kappa shape index (κ3) is 17.5. The van der Waals surface area contributed by atoms with Crippen LogP contribution in [0.15, 0.2) is 242 Å². The summed E-state index contributed by atoms with van der Waals surface area (Å²) in [4.78, 5) is 44.2. The maximum Gasteiger partial charge on any atom is 0.246 e. The molecule has 12 nitrogen and oxygen atoms in total. The van der Waals surface area contributed by atoms with Crippen LogP contribution in [-0.2, 0) is 24.4 Å². The van der Waals surface area contributed by atoms with Crippen LogP contribution in [0.1, 0.15) is 105 Å². The first-order chi connectivity index (χ1) is 46.7. The zero-order valence-corrected chi connectivity index (χ0v) is 61.0. The van der Waals surface area contributed by atoms with E-state index in [0.717, 1.165) is 144 Å². The zero-order chi connectivity index (χ0) is 68.4. The fraction of sp³-hybridized carbons (Fsp3) is 0.181. The molecular formula is C83H81Br2N11OSi2. The van der Waals surface area contributed by atoms with Crippen LogP contribution < -0.4 is 5.32 Å². The molecule has 99 heavy (non-hydrogen) atoms. The molecule has 0 fully saturated rings. The summed E-state index contributed by atoms with van der Waals surface area (Å²) in [6, 6.07) is 65.4. The quantitative estimate of drug-likeness (QED) is 0.139. The van der Waals surface area contributed by atoms with Crippen LogP contribution in [0.3, 0.4) is 0 Å². The number of aryl methyl sites for hydroxylation is 3. The van der Waals surface area contributed by atoms with Gasteiger partial charge in [-0.25, -0.2) is 15.0 Å². The predicted octanol–water partition coefficient (Wildman–Crippen LogP) is 18.6. The Morgan fingerprint density at radius 1 is 0.424 bits per heavy atom. The van der Waals surface area contributed by atoms with E-state index in [1.807, 2.05) is 143 Å². The van der Waals surface area contributed by atoms with E-state index >= 15 is 0 Å². The summed E-state index contributed by atoms with van der Waals surface area (Å²) in [6.07, 6.45) is 16.4. The van der Waals surface area contributed by atoms with Gasteiger partial charge in [-0.2, -0.15) is 0 Å². The predicted molar refractivity (Wildman–Crippen MR) is 423 cm³/mol. The molecule has 4 aliphatic rings. The zero-order valence-electron chi connectivity index (χ0n) is 55.8. The highest BCUT2D eigenvalue weighted by molar-refractivity contribution is 9.10. The van der Waals surface area contributed by atoms with Crippen LogP contribution in [0, 0.1) is 56.5 Å². The summed E-state index contributed by atoms with van der Waals surface area (Å²) < 4.78 is 8.45. The number of imidazole rings is 3. The number of terminal acetylenes is 2. The minimum Gasteiger partial charge on any atom is -0.324 e. The molecule has 0 spiro atoms. The standard InChI is InChI=1S/C23H23N3Si.C20H15N3.C18H14BrN3.C15H11BrN2O.C5H10Si.2CH4/c1-17-22-15-24-23(19-8-6-5-7-9-19)20-14-18(12-13-27(2,3)4)10-11-21(20)26(22)16-25-17;1-3-15-9-10-18-17(11-15)20(16-7-5-4-6-8-16)21-12-19-14(2)22-13-23(18)19;1-12-17-10-20-18(13-5-3-2-4-6-13)15-9-14(19)7-8-16(15)22(17)11-21-12;16-11-6-7-13-12(8-11)15(17-9-14(19)18-13)10-4-2-1-3-5-10;1-5-6(2,3)4;;/h5-11,14,16H,15H2,1-4H3;1,4-11,13H,12H2,2H3;2-9,11H,10H2,1H3;1-8H,9H2,(H,18,19);1H,2-4H3;2*1H4. The lowest BCUT2D eigenvalue weighted by molar-refractivity contribution is -0.114. The number of carbonyl (C=O) groups excluding carboxylic acids is 1. The maximum absolute atomic E-state index is 11.7. The van der Waals surface area contributed by atoms with Gasteiger partial charge in [0.05, 0.1) is 118 Å². The highest BCUT2D eigenvalue weighted by Gasteiger charge is 2.25. The number of anilines is 1. The Hall–Kier alpha value is -10.4. The molecule has 0 bridgehead atoms. The molecule has 0 radical (unpaired) electrons. The van der Waals surface area contributed by atoms with Gasteiger partial charge in [0.15, 0.2) is 0 Å². The van der Waals surface area contributed by atoms with Gasteiger partial charge in [0, 0.05) is 64.6 Å². The van der Waals surface area contributed by atoms with Gasteiger partial charge in [-0.3, -0.25) is 24.8 Å². The van der Waals surface area contributed by atoms with Crippen LogP contribution in [-0.4, -0.2) is 80.1 Å². The SMILES string of the molecule is C.C.C#C[Si](C)(C)C.C#Cc1ccc2c(c1)C(c1ccccc1)=NCc1c(C)ncn1-2.Cc1ncn2c1CN=C(c1ccccc1)c1cc(Br)ccc1-2.Cc1ncn2c1CN=C(c1ccccc1)c1cc(C#C[Si](C)(C)C)ccc1-2.O=C1CN=C(c2ccccc2)c2cc(Br)ccc2N1. The van der Waals surface area contributed by atoms with Crippen LogP contribution in [0.2, 0.25) is 39.3 Å². The number of rotatable bonds is 4. The van der Waals surface area contributed by atoms with E-state index in [9.17, 15) is 4.79 Å². The Kier molecular flexibility index (Phi) is 23.8. The van der Waals surface area contributed by atoms with Crippen LogP contribution in [0.25, 0.3) is 17.1 Å². The van der Waals surface area contributed by atoms with Crippen LogP contribution >= 0.6 is 31.9 Å². The molecular weight excluding hydrogens is 1380 g/mol. The van der Waals surface area contributed by atoms with E-state index in [2.05, 4.69) is 224 Å². The minimum absolute atomic E-state index is 0. The van der Waals surface area contributed by atoms with Crippen molar-refractivity contribution >= 4 is 82.4 Å². The molecule has 4 aliphatic heterocycles. The number of aliphatic imine (C=N–C) groups is 4. The van der Waals surface area contributed by atoms with Gasteiger partial charge in [0.1, 0.15) is 22.7 Å². The third-order valence-electron chi connectivity index (χ3n) is 16.1. The van der Waals surface area contributed by atoms with Crippen molar-refractivity contribution in [2.24, 2.45) is 20.0 Å². The number of aromatic nitrogens is 6. The molecule has 0 saturated heterocycles. The van der Waals surface area contributed by atoms with Gasteiger partial charge < -0.3 is 19.0 Å². The smallest absolute Gasteiger partial charge is 0.246 e. The molecule has 11 aromatic rings. The van der Waals surface area contributed by atoms with E-state index in [-0.39, 0.29) is 27.3 Å². The number of halogens is 2. The highest BCUT2D eigenvalue weighted by Crippen LogP contribution is 2.32. The number of amides is 1. The van der Waals surface area contributed by atoms with E-state index in [1.165, 1.54) is 0 Å². The van der Waals surface area contributed by atoms with Crippen molar-refractivity contribution in [1.82, 2.24) is 28.7 Å². The Morgan fingerprint density at radius 2 is 0.758 bits per heavy atom. The lowest BCUT2D eigenvalue weighted by Gasteiger charge is -2.12. The second-order valence-corrected chi connectivity index (χ2v) is 36.8. The minimum atomic E-state index is -1.43. The molecule has 3 aromatic heterocycles. The van der Waals surface area contributed by atoms with Crippen LogP contribution in [0.5, 0.6) is 0 Å². The number of hydrogen-bond acceptors (Lipinski definition) is 8. The summed E-state index contributed by atoms with van der Waals surface area (Å²) >= 11 is 7.04. The summed E-state index contributed by atoms with van der Waals surface area (Å²) in [5.74, 6) is 6.02. The molecule has 1 amide bonds. The van der Waals surface area contributed by atoms with Gasteiger partial charge in [-0.05, 0) is 93.6 Å². The molecule has 0 atom stereocenters. The fourth-order valence-corrected chi connectivity index (χ4v) is 12.4. The van der Waals surface area contributed by atoms with Gasteiger partial charge in [0.25, 0.3) is 0 Å². The molecule has 16 heteroatoms. The Morgan fingerprint density at radius 3 is 1.14 bits per heavy atom. The number of benzodiazepines with no additional fused rings is 1. The average molecular weight is 1460 g/mol. The summed E-state index contributed by atoms with van der Waals surface area (Å²) in [5, 5.41) is 2.87. The summed E-state index contributed by atoms with van der Waals surface area (Å²) in [6.45, 7) is 21.4. The Balaban J connectivity index is 0.000000150. The Labute approximate surface area is 602 Å². The number of benzene rings is 8. The first-order valence-electron chi connectivity index (χ1n) is 31.9. The first-order valence-corrected chi connectivity index (χ1v) is 40.5. The monoisotopic (exact) mass is 1460 g/mol. The van der Waals surface area contributed by atoms with Gasteiger partial charge >= 0.3 is 0 Å². The van der Waals surface area contributed by atoms with Crippen molar-refractivity contribution in [2.45, 2.75) is 94.5 Å². The Bertz CT molecular complexity index is 5030. The molecule has 0 saturated carbocycles. The normalized spacial score (nSPS) is 12.7. The van der Waals surface area contributed by atoms with Gasteiger partial charge in [-0.15, -0.1) is 23.9 Å². The highest BCUT2D eigenvalue weighted by atomic mass is 79.9. The molecule has 7 heterocycles. The summed E-state index contributed by atoms with van der Waals surface area (Å²) in [7, 11) is -2.53. The first kappa shape index (κ1) is 72.9. The van der Waals surface area contributed by atoms with Crippen molar-refractivity contribution in [3.05, 3.63) is 312 Å². The van der Waals surface area contributed by atoms with E-state index < -0.39 is 16.1 Å². The largest absolute Gasteiger partial charge is 0.324 e. The number of fused-ring (bicyclic) bond motifs is 10. The second-order valence-electron chi connectivity index (χ2n) is 25.5. The molecule has 0 aliphatic carbocycles.